The fraction of sp³-hybridized carbons (Fsp3) is 0.480. The van der Waals surface area contributed by atoms with E-state index in [0.717, 1.165) is 62.4 Å². The molecule has 3 aromatic heterocycles. The molecule has 0 spiro atoms. The van der Waals surface area contributed by atoms with Gasteiger partial charge in [-0.05, 0) is 63.6 Å². The number of aliphatic hydroxyl groups is 1. The van der Waals surface area contributed by atoms with E-state index in [2.05, 4.69) is 43.2 Å². The van der Waals surface area contributed by atoms with Crippen LogP contribution in [0, 0.1) is 23.6 Å². The van der Waals surface area contributed by atoms with Gasteiger partial charge in [0.1, 0.15) is 17.0 Å². The first-order chi connectivity index (χ1) is 15.9. The molecule has 1 aliphatic carbocycles. The summed E-state index contributed by atoms with van der Waals surface area (Å²) in [6.07, 6.45) is 8.99. The van der Waals surface area contributed by atoms with E-state index in [1.54, 1.807) is 13.1 Å². The summed E-state index contributed by atoms with van der Waals surface area (Å²) in [5.41, 5.74) is 7.02. The molecule has 8 heteroatoms. The second-order valence-corrected chi connectivity index (χ2v) is 9.32. The molecule has 172 valence electrons. The molecule has 3 aromatic rings. The number of piperidine rings is 1. The van der Waals surface area contributed by atoms with Gasteiger partial charge in [-0.1, -0.05) is 12.8 Å². The van der Waals surface area contributed by atoms with Gasteiger partial charge in [0.15, 0.2) is 5.82 Å². The van der Waals surface area contributed by atoms with Crippen molar-refractivity contribution < 1.29 is 9.50 Å². The number of likely N-dealkylation sites (tertiary alicyclic amines) is 1. The first kappa shape index (κ1) is 21.8. The Morgan fingerprint density at radius 2 is 2.09 bits per heavy atom. The van der Waals surface area contributed by atoms with Crippen LogP contribution in [0.25, 0.3) is 22.2 Å². The highest BCUT2D eigenvalue weighted by atomic mass is 19.1. The lowest BCUT2D eigenvalue weighted by molar-refractivity contribution is 0.0980. The Bertz CT molecular complexity index is 1250. The van der Waals surface area contributed by atoms with Crippen LogP contribution >= 0.6 is 0 Å². The van der Waals surface area contributed by atoms with Crippen LogP contribution in [0.2, 0.25) is 0 Å². The van der Waals surface area contributed by atoms with E-state index in [9.17, 15) is 9.50 Å². The highest BCUT2D eigenvalue weighted by molar-refractivity contribution is 5.95. The largest absolute Gasteiger partial charge is 0.378 e. The van der Waals surface area contributed by atoms with Gasteiger partial charge in [0.25, 0.3) is 0 Å². The summed E-state index contributed by atoms with van der Waals surface area (Å²) in [6.45, 7) is 6.94. The average Bonchev–Trinajstić information content (AvgIpc) is 3.62. The van der Waals surface area contributed by atoms with Crippen molar-refractivity contribution >= 4 is 16.9 Å². The van der Waals surface area contributed by atoms with Crippen molar-refractivity contribution in [2.75, 3.05) is 25.4 Å². The smallest absolute Gasteiger partial charge is 0.220 e. The number of likely N-dealkylation sites (N-methyl/N-ethyl adjacent to an activating group) is 1. The van der Waals surface area contributed by atoms with Crippen molar-refractivity contribution in [1.82, 2.24) is 24.4 Å². The third-order valence-corrected chi connectivity index (χ3v) is 6.87. The SMILES string of the molecule is CCN1CCCC(n2cc(-c3nc(N)ncc3F)c3cc(C#CC(C)(O)C4CC4)ncc32)C1. The minimum Gasteiger partial charge on any atom is -0.378 e. The molecule has 2 fully saturated rings. The molecule has 33 heavy (non-hydrogen) atoms. The van der Waals surface area contributed by atoms with Gasteiger partial charge < -0.3 is 20.3 Å². The molecular formula is C25H29FN6O. The van der Waals surface area contributed by atoms with Crippen molar-refractivity contribution in [3.05, 3.63) is 36.2 Å². The summed E-state index contributed by atoms with van der Waals surface area (Å²) in [5.74, 6) is 5.72. The summed E-state index contributed by atoms with van der Waals surface area (Å²) in [7, 11) is 0. The third kappa shape index (κ3) is 4.31. The van der Waals surface area contributed by atoms with Gasteiger partial charge >= 0.3 is 0 Å². The summed E-state index contributed by atoms with van der Waals surface area (Å²) < 4.78 is 17.0. The number of rotatable bonds is 4. The third-order valence-electron chi connectivity index (χ3n) is 6.87. The molecule has 2 unspecified atom stereocenters. The molecule has 1 saturated heterocycles. The molecule has 7 nitrogen and oxygen atoms in total. The Morgan fingerprint density at radius 3 is 2.85 bits per heavy atom. The number of fused-ring (bicyclic) bond motifs is 1. The van der Waals surface area contributed by atoms with Crippen LogP contribution < -0.4 is 5.73 Å². The quantitative estimate of drug-likeness (QED) is 0.595. The zero-order valence-corrected chi connectivity index (χ0v) is 19.1. The van der Waals surface area contributed by atoms with Crippen LogP contribution in [-0.4, -0.2) is 54.8 Å². The molecule has 2 aliphatic rings. The van der Waals surface area contributed by atoms with Crippen molar-refractivity contribution in [3.63, 3.8) is 0 Å². The maximum atomic E-state index is 14.8. The molecule has 0 amide bonds. The molecule has 2 atom stereocenters. The predicted molar refractivity (Wildman–Crippen MR) is 126 cm³/mol. The minimum absolute atomic E-state index is 0.0247. The number of nitrogens with two attached hydrogens (primary N) is 1. The van der Waals surface area contributed by atoms with Gasteiger partial charge in [-0.3, -0.25) is 0 Å². The first-order valence-corrected chi connectivity index (χ1v) is 11.6. The first-order valence-electron chi connectivity index (χ1n) is 11.6. The lowest BCUT2D eigenvalue weighted by Crippen LogP contribution is -2.36. The van der Waals surface area contributed by atoms with Gasteiger partial charge in [-0.2, -0.15) is 0 Å². The van der Waals surface area contributed by atoms with Crippen LogP contribution in [0.3, 0.4) is 0 Å². The molecule has 1 aliphatic heterocycles. The molecule has 3 N–H and O–H groups in total. The van der Waals surface area contributed by atoms with Gasteiger partial charge in [0, 0.05) is 29.7 Å². The van der Waals surface area contributed by atoms with E-state index in [1.807, 2.05) is 12.3 Å². The Labute approximate surface area is 192 Å². The molecular weight excluding hydrogens is 419 g/mol. The Kier molecular flexibility index (Phi) is 5.55. The summed E-state index contributed by atoms with van der Waals surface area (Å²) in [4.78, 5) is 15.0. The lowest BCUT2D eigenvalue weighted by Gasteiger charge is -2.33. The fourth-order valence-electron chi connectivity index (χ4n) is 4.76. The van der Waals surface area contributed by atoms with Crippen LogP contribution in [-0.2, 0) is 0 Å². The Morgan fingerprint density at radius 1 is 1.27 bits per heavy atom. The molecule has 5 rings (SSSR count). The second-order valence-electron chi connectivity index (χ2n) is 9.32. The summed E-state index contributed by atoms with van der Waals surface area (Å²) >= 11 is 0. The fourth-order valence-corrected chi connectivity index (χ4v) is 4.76. The Balaban J connectivity index is 1.63. The number of halogens is 1. The van der Waals surface area contributed by atoms with Gasteiger partial charge in [0.05, 0.1) is 17.9 Å². The number of aromatic nitrogens is 4. The van der Waals surface area contributed by atoms with Crippen molar-refractivity contribution in [2.24, 2.45) is 5.92 Å². The maximum Gasteiger partial charge on any atom is 0.220 e. The van der Waals surface area contributed by atoms with Crippen molar-refractivity contribution in [3.8, 4) is 23.1 Å². The topological polar surface area (TPSA) is 93.1 Å². The molecule has 4 heterocycles. The summed E-state index contributed by atoms with van der Waals surface area (Å²) in [6, 6.07) is 2.11. The monoisotopic (exact) mass is 448 g/mol. The van der Waals surface area contributed by atoms with Crippen LogP contribution in [0.15, 0.2) is 24.7 Å². The highest BCUT2D eigenvalue weighted by Gasteiger charge is 2.38. The van der Waals surface area contributed by atoms with E-state index >= 15 is 0 Å². The Hall–Kier alpha value is -3.02. The lowest BCUT2D eigenvalue weighted by atomic mass is 10.0. The van der Waals surface area contributed by atoms with Crippen molar-refractivity contribution in [1.29, 1.82) is 0 Å². The van der Waals surface area contributed by atoms with Gasteiger partial charge in [-0.25, -0.2) is 19.3 Å². The molecule has 0 aromatic carbocycles. The van der Waals surface area contributed by atoms with E-state index in [1.165, 1.54) is 0 Å². The average molecular weight is 449 g/mol. The normalized spacial score (nSPS) is 20.9. The van der Waals surface area contributed by atoms with Crippen LogP contribution in [0.4, 0.5) is 10.3 Å². The second kappa shape index (κ2) is 8.40. The zero-order chi connectivity index (χ0) is 23.2. The number of hydrogen-bond acceptors (Lipinski definition) is 6. The molecule has 1 saturated carbocycles. The summed E-state index contributed by atoms with van der Waals surface area (Å²) in [5, 5.41) is 11.4. The standard InChI is InChI=1S/C25H29FN6O/c1-3-31-10-4-5-18(14-31)32-15-20(23-21(26)12-29-24(27)30-23)19-11-17(28-13-22(19)32)8-9-25(2,33)16-6-7-16/h11-13,15-16,18,33H,3-7,10,14H2,1-2H3,(H2,27,29,30). The number of nitrogens with zero attached hydrogens (tertiary/aromatic N) is 5. The minimum atomic E-state index is -1.02. The predicted octanol–water partition coefficient (Wildman–Crippen LogP) is 3.38. The van der Waals surface area contributed by atoms with E-state index in [4.69, 9.17) is 5.73 Å². The number of anilines is 1. The maximum absolute atomic E-state index is 14.8. The number of pyridine rings is 1. The molecule has 0 bridgehead atoms. The van der Waals surface area contributed by atoms with E-state index in [-0.39, 0.29) is 23.6 Å². The van der Waals surface area contributed by atoms with Crippen LogP contribution in [0.1, 0.15) is 51.3 Å². The highest BCUT2D eigenvalue weighted by Crippen LogP contribution is 2.39. The van der Waals surface area contributed by atoms with E-state index < -0.39 is 11.4 Å². The zero-order valence-electron chi connectivity index (χ0n) is 19.1. The van der Waals surface area contributed by atoms with Crippen LogP contribution in [0.5, 0.6) is 0 Å². The number of hydrogen-bond donors (Lipinski definition) is 2. The van der Waals surface area contributed by atoms with Crippen molar-refractivity contribution in [2.45, 2.75) is 51.2 Å². The van der Waals surface area contributed by atoms with Gasteiger partial charge in [-0.15, -0.1) is 0 Å². The van der Waals surface area contributed by atoms with E-state index in [0.29, 0.717) is 11.3 Å². The molecule has 0 radical (unpaired) electrons. The number of nitrogen functional groups attached to an aromatic ring is 1. The van der Waals surface area contributed by atoms with Gasteiger partial charge in [0.2, 0.25) is 5.95 Å².